The molecule has 4 rings (SSSR count). The normalized spacial score (nSPS) is 18.5. The van der Waals surface area contributed by atoms with E-state index in [9.17, 15) is 14.0 Å². The number of fused-ring (bicyclic) bond motifs is 1. The van der Waals surface area contributed by atoms with Gasteiger partial charge in [0.1, 0.15) is 24.7 Å². The van der Waals surface area contributed by atoms with Crippen LogP contribution in [0.5, 0.6) is 5.75 Å². The van der Waals surface area contributed by atoms with Crippen LogP contribution >= 0.6 is 0 Å². The number of carbonyl (C=O) groups excluding carboxylic acids is 2. The van der Waals surface area contributed by atoms with E-state index in [1.54, 1.807) is 0 Å². The van der Waals surface area contributed by atoms with Crippen LogP contribution in [-0.4, -0.2) is 18.4 Å². The Morgan fingerprint density at radius 2 is 1.87 bits per heavy atom. The molecule has 1 saturated carbocycles. The van der Waals surface area contributed by atoms with Crippen LogP contribution in [-0.2, 0) is 32.3 Å². The second-order valence-corrected chi connectivity index (χ2v) is 7.94. The van der Waals surface area contributed by atoms with Gasteiger partial charge in [-0.15, -0.1) is 0 Å². The third-order valence-corrected chi connectivity index (χ3v) is 5.67. The van der Waals surface area contributed by atoms with Crippen molar-refractivity contribution in [3.8, 4) is 5.75 Å². The Bertz CT molecular complexity index is 927. The smallest absolute Gasteiger partial charge is 0.325 e. The minimum Gasteiger partial charge on any atom is -0.460 e. The number of carbonyl (C=O) groups is 2. The monoisotopic (exact) mass is 427 g/mol. The second kappa shape index (κ2) is 9.92. The summed E-state index contributed by atoms with van der Waals surface area (Å²) in [6.07, 6.45) is 4.34. The lowest BCUT2D eigenvalue weighted by atomic mass is 9.89. The van der Waals surface area contributed by atoms with Crippen LogP contribution in [0.1, 0.15) is 55.1 Å². The van der Waals surface area contributed by atoms with Crippen LogP contribution in [0.15, 0.2) is 42.5 Å². The van der Waals surface area contributed by atoms with Crippen LogP contribution in [0.3, 0.4) is 0 Å². The van der Waals surface area contributed by atoms with Crippen LogP contribution < -0.4 is 10.1 Å². The van der Waals surface area contributed by atoms with E-state index >= 15 is 0 Å². The summed E-state index contributed by atoms with van der Waals surface area (Å²) in [5, 5.41) is 2.65. The van der Waals surface area contributed by atoms with Crippen LogP contribution in [0, 0.1) is 11.7 Å². The molecule has 1 atom stereocenters. The Morgan fingerprint density at radius 1 is 1.10 bits per heavy atom. The molecular weight excluding hydrogens is 401 g/mol. The molecule has 1 N–H and O–H groups in total. The number of halogens is 1. The first kappa shape index (κ1) is 21.3. The van der Waals surface area contributed by atoms with Gasteiger partial charge < -0.3 is 19.5 Å². The Balaban J connectivity index is 1.36. The van der Waals surface area contributed by atoms with E-state index in [4.69, 9.17) is 14.2 Å². The molecule has 1 amide bonds. The molecule has 0 unspecified atom stereocenters. The van der Waals surface area contributed by atoms with Crippen molar-refractivity contribution in [1.82, 2.24) is 5.32 Å². The maximum Gasteiger partial charge on any atom is 0.325 e. The van der Waals surface area contributed by atoms with Gasteiger partial charge in [-0.1, -0.05) is 49.6 Å². The molecule has 2 aromatic carbocycles. The Kier molecular flexibility index (Phi) is 6.82. The van der Waals surface area contributed by atoms with Crippen LogP contribution in [0.2, 0.25) is 0 Å². The lowest BCUT2D eigenvalue weighted by Gasteiger charge is -2.28. The molecule has 1 aliphatic carbocycles. The van der Waals surface area contributed by atoms with E-state index in [0.29, 0.717) is 16.9 Å². The van der Waals surface area contributed by atoms with Crippen molar-refractivity contribution in [2.75, 3.05) is 6.54 Å². The highest BCUT2D eigenvalue weighted by Crippen LogP contribution is 2.36. The summed E-state index contributed by atoms with van der Waals surface area (Å²) in [5.41, 5.74) is 1.82. The molecule has 1 heterocycles. The van der Waals surface area contributed by atoms with Gasteiger partial charge in [-0.2, -0.15) is 0 Å². The molecule has 6 nitrogen and oxygen atoms in total. The van der Waals surface area contributed by atoms with E-state index in [-0.39, 0.29) is 31.6 Å². The van der Waals surface area contributed by atoms with Gasteiger partial charge in [-0.3, -0.25) is 9.59 Å². The third kappa shape index (κ3) is 5.41. The fraction of sp³-hybridized carbons (Fsp3) is 0.417. The highest BCUT2D eigenvalue weighted by molar-refractivity contribution is 5.83. The summed E-state index contributed by atoms with van der Waals surface area (Å²) in [6, 6.07) is 12.1. The molecule has 0 aromatic heterocycles. The van der Waals surface area contributed by atoms with Gasteiger partial charge in [0.15, 0.2) is 0 Å². The lowest BCUT2D eigenvalue weighted by molar-refractivity contribution is -0.146. The Morgan fingerprint density at radius 3 is 2.65 bits per heavy atom. The van der Waals surface area contributed by atoms with Gasteiger partial charge in [0.2, 0.25) is 12.2 Å². The SMILES string of the molecule is O=C(CNC(=O)C1CCCCC1)OCc1cc(F)cc2c1O[C@@H](c1ccccc1)OC2. The van der Waals surface area contributed by atoms with Crippen LogP contribution in [0.4, 0.5) is 4.39 Å². The van der Waals surface area contributed by atoms with Gasteiger partial charge >= 0.3 is 5.97 Å². The first-order valence-corrected chi connectivity index (χ1v) is 10.7. The van der Waals surface area contributed by atoms with Crippen molar-refractivity contribution < 1.29 is 28.2 Å². The predicted molar refractivity (Wildman–Crippen MR) is 110 cm³/mol. The average Bonchev–Trinajstić information content (AvgIpc) is 2.81. The molecule has 1 aliphatic heterocycles. The summed E-state index contributed by atoms with van der Waals surface area (Å²) < 4.78 is 31.0. The number of nitrogens with one attached hydrogen (secondary N) is 1. The molecule has 0 saturated heterocycles. The molecule has 31 heavy (non-hydrogen) atoms. The molecule has 0 spiro atoms. The van der Waals surface area contributed by atoms with Crippen molar-refractivity contribution in [2.45, 2.75) is 51.6 Å². The lowest BCUT2D eigenvalue weighted by Crippen LogP contribution is -2.36. The van der Waals surface area contributed by atoms with Crippen molar-refractivity contribution in [1.29, 1.82) is 0 Å². The summed E-state index contributed by atoms with van der Waals surface area (Å²) in [6.45, 7) is -0.172. The topological polar surface area (TPSA) is 73.9 Å². The van der Waals surface area contributed by atoms with E-state index in [2.05, 4.69) is 5.32 Å². The average molecular weight is 427 g/mol. The van der Waals surface area contributed by atoms with Crippen molar-refractivity contribution in [3.05, 3.63) is 65.0 Å². The zero-order valence-corrected chi connectivity index (χ0v) is 17.3. The highest BCUT2D eigenvalue weighted by Gasteiger charge is 2.26. The fourth-order valence-electron chi connectivity index (χ4n) is 4.04. The third-order valence-electron chi connectivity index (χ3n) is 5.67. The van der Waals surface area contributed by atoms with E-state index in [0.717, 1.165) is 37.7 Å². The predicted octanol–water partition coefficient (Wildman–Crippen LogP) is 4.17. The number of hydrogen-bond acceptors (Lipinski definition) is 5. The molecule has 2 aromatic rings. The first-order chi connectivity index (χ1) is 15.1. The number of ether oxygens (including phenoxy) is 3. The van der Waals surface area contributed by atoms with Crippen molar-refractivity contribution in [3.63, 3.8) is 0 Å². The summed E-state index contributed by atoms with van der Waals surface area (Å²) >= 11 is 0. The number of benzene rings is 2. The number of hydrogen-bond donors (Lipinski definition) is 1. The van der Waals surface area contributed by atoms with Gasteiger partial charge in [0, 0.05) is 22.6 Å². The van der Waals surface area contributed by atoms with E-state index in [1.807, 2.05) is 30.3 Å². The fourth-order valence-corrected chi connectivity index (χ4v) is 4.04. The van der Waals surface area contributed by atoms with Gasteiger partial charge in [0.05, 0.1) is 6.61 Å². The zero-order valence-electron chi connectivity index (χ0n) is 17.3. The number of esters is 1. The number of amides is 1. The molecular formula is C24H26FNO5. The van der Waals surface area contributed by atoms with Crippen molar-refractivity contribution >= 4 is 11.9 Å². The minimum atomic E-state index is -0.622. The minimum absolute atomic E-state index is 0.0277. The molecule has 2 aliphatic rings. The van der Waals surface area contributed by atoms with Gasteiger partial charge in [0.25, 0.3) is 0 Å². The van der Waals surface area contributed by atoms with Crippen LogP contribution in [0.25, 0.3) is 0 Å². The Hall–Kier alpha value is -2.93. The summed E-state index contributed by atoms with van der Waals surface area (Å²) in [5.74, 6) is -0.707. The Labute approximate surface area is 180 Å². The molecule has 1 fully saturated rings. The maximum absolute atomic E-state index is 14.1. The van der Waals surface area contributed by atoms with Crippen molar-refractivity contribution in [2.24, 2.45) is 5.92 Å². The van der Waals surface area contributed by atoms with Gasteiger partial charge in [-0.05, 0) is 25.0 Å². The molecule has 7 heteroatoms. The first-order valence-electron chi connectivity index (χ1n) is 10.7. The molecule has 164 valence electrons. The van der Waals surface area contributed by atoms with Gasteiger partial charge in [-0.25, -0.2) is 4.39 Å². The summed E-state index contributed by atoms with van der Waals surface area (Å²) in [7, 11) is 0. The molecule has 0 bridgehead atoms. The highest BCUT2D eigenvalue weighted by atomic mass is 19.1. The summed E-state index contributed by atoms with van der Waals surface area (Å²) in [4.78, 5) is 24.3. The molecule has 0 radical (unpaired) electrons. The number of rotatable bonds is 6. The van der Waals surface area contributed by atoms with E-state index < -0.39 is 18.1 Å². The quantitative estimate of drug-likeness (QED) is 0.701. The maximum atomic E-state index is 14.1. The largest absolute Gasteiger partial charge is 0.460 e. The standard InChI is InChI=1S/C24H26FNO5/c25-20-11-18(14-29-21(27)13-26-23(28)16-7-3-1-4-8-16)22-19(12-20)15-30-24(31-22)17-9-5-2-6-10-17/h2,5-6,9-12,16,24H,1,3-4,7-8,13-15H2,(H,26,28)/t24-/m0/s1. The van der Waals surface area contributed by atoms with E-state index in [1.165, 1.54) is 12.1 Å². The zero-order chi connectivity index (χ0) is 21.6. The second-order valence-electron chi connectivity index (χ2n) is 7.94.